The number of carbonyl (C=O) groups excluding carboxylic acids is 1. The third-order valence-electron chi connectivity index (χ3n) is 4.64. The van der Waals surface area contributed by atoms with Crippen molar-refractivity contribution in [3.05, 3.63) is 29.8 Å². The van der Waals surface area contributed by atoms with E-state index in [0.29, 0.717) is 6.42 Å². The molecule has 2 aliphatic rings. The first kappa shape index (κ1) is 14.7. The van der Waals surface area contributed by atoms with Crippen LogP contribution in [0.15, 0.2) is 29.2 Å². The van der Waals surface area contributed by atoms with Gasteiger partial charge < -0.3 is 0 Å². The van der Waals surface area contributed by atoms with Crippen LogP contribution in [0, 0.1) is 18.8 Å². The molecule has 0 saturated heterocycles. The maximum Gasteiger partial charge on any atom is 0.297 e. The molecule has 1 aromatic carbocycles. The largest absolute Gasteiger partial charge is 0.299 e. The van der Waals surface area contributed by atoms with Crippen molar-refractivity contribution in [3.63, 3.8) is 0 Å². The van der Waals surface area contributed by atoms with E-state index in [2.05, 4.69) is 0 Å². The molecule has 1 aromatic rings. The Morgan fingerprint density at radius 2 is 1.76 bits per heavy atom. The van der Waals surface area contributed by atoms with E-state index in [1.165, 1.54) is 0 Å². The topological polar surface area (TPSA) is 60.4 Å². The van der Waals surface area contributed by atoms with Gasteiger partial charge in [0, 0.05) is 11.8 Å². The van der Waals surface area contributed by atoms with Gasteiger partial charge in [0.1, 0.15) is 5.78 Å². The van der Waals surface area contributed by atoms with E-state index in [1.807, 2.05) is 6.92 Å². The lowest BCUT2D eigenvalue weighted by Gasteiger charge is -2.37. The summed E-state index contributed by atoms with van der Waals surface area (Å²) in [6.45, 7) is 1.90. The van der Waals surface area contributed by atoms with Gasteiger partial charge in [-0.3, -0.25) is 8.98 Å². The van der Waals surface area contributed by atoms with Crippen LogP contribution in [0.4, 0.5) is 0 Å². The predicted molar refractivity (Wildman–Crippen MR) is 78.3 cm³/mol. The van der Waals surface area contributed by atoms with Crippen LogP contribution in [0.3, 0.4) is 0 Å². The lowest BCUT2D eigenvalue weighted by Crippen LogP contribution is -2.43. The Morgan fingerprint density at radius 3 is 2.48 bits per heavy atom. The van der Waals surface area contributed by atoms with Gasteiger partial charge in [-0.15, -0.1) is 0 Å². The zero-order valence-electron chi connectivity index (χ0n) is 12.1. The van der Waals surface area contributed by atoms with Crippen LogP contribution in [0.25, 0.3) is 0 Å². The van der Waals surface area contributed by atoms with Crippen molar-refractivity contribution in [2.24, 2.45) is 11.8 Å². The molecule has 0 amide bonds. The summed E-state index contributed by atoms with van der Waals surface area (Å²) in [6.07, 6.45) is 3.62. The summed E-state index contributed by atoms with van der Waals surface area (Å²) in [5.74, 6) is 0.0972. The Bertz CT molecular complexity index is 633. The Labute approximate surface area is 125 Å². The molecule has 3 atom stereocenters. The molecule has 4 nitrogen and oxygen atoms in total. The van der Waals surface area contributed by atoms with Crippen molar-refractivity contribution >= 4 is 15.9 Å². The number of fused-ring (bicyclic) bond motifs is 2. The predicted octanol–water partition coefficient (Wildman–Crippen LogP) is 2.85. The quantitative estimate of drug-likeness (QED) is 0.806. The molecule has 5 heteroatoms. The van der Waals surface area contributed by atoms with Crippen LogP contribution in [0.1, 0.15) is 37.7 Å². The van der Waals surface area contributed by atoms with Crippen LogP contribution in [0.2, 0.25) is 0 Å². The number of rotatable bonds is 3. The highest BCUT2D eigenvalue weighted by Gasteiger charge is 2.43. The summed E-state index contributed by atoms with van der Waals surface area (Å²) in [7, 11) is -3.79. The molecule has 0 radical (unpaired) electrons. The Balaban J connectivity index is 1.79. The summed E-state index contributed by atoms with van der Waals surface area (Å²) < 4.78 is 30.1. The summed E-state index contributed by atoms with van der Waals surface area (Å²) >= 11 is 0. The Hall–Kier alpha value is -1.20. The number of carbonyl (C=O) groups is 1. The minimum atomic E-state index is -3.79. The van der Waals surface area contributed by atoms with E-state index < -0.39 is 16.2 Å². The Kier molecular flexibility index (Phi) is 3.88. The molecule has 0 aliphatic heterocycles. The molecule has 0 N–H and O–H groups in total. The first-order chi connectivity index (χ1) is 9.97. The molecule has 21 heavy (non-hydrogen) atoms. The van der Waals surface area contributed by atoms with Gasteiger partial charge in [0.05, 0.1) is 11.0 Å². The van der Waals surface area contributed by atoms with Crippen LogP contribution in [-0.4, -0.2) is 20.3 Å². The van der Waals surface area contributed by atoms with Crippen LogP contribution in [-0.2, 0) is 19.1 Å². The number of benzene rings is 1. The van der Waals surface area contributed by atoms with Gasteiger partial charge in [0.15, 0.2) is 0 Å². The second-order valence-corrected chi connectivity index (χ2v) is 7.69. The van der Waals surface area contributed by atoms with Crippen molar-refractivity contribution in [1.29, 1.82) is 0 Å². The summed E-state index contributed by atoms with van der Waals surface area (Å²) in [4.78, 5) is 12.4. The lowest BCUT2D eigenvalue weighted by molar-refractivity contribution is -0.136. The molecule has 2 saturated carbocycles. The number of aryl methyl sites for hydroxylation is 1. The zero-order valence-corrected chi connectivity index (χ0v) is 12.9. The molecule has 2 bridgehead atoms. The van der Waals surface area contributed by atoms with Crippen LogP contribution < -0.4 is 0 Å². The monoisotopic (exact) mass is 308 g/mol. The molecule has 3 unspecified atom stereocenters. The van der Waals surface area contributed by atoms with Gasteiger partial charge in [0.2, 0.25) is 0 Å². The number of Topliss-reactive ketones (excluding diaryl/α,β-unsaturated/α-hetero) is 1. The molecule has 0 aromatic heterocycles. The third kappa shape index (κ3) is 2.90. The second kappa shape index (κ2) is 5.54. The average molecular weight is 308 g/mol. The number of hydrogen-bond donors (Lipinski definition) is 0. The van der Waals surface area contributed by atoms with Crippen molar-refractivity contribution in [3.8, 4) is 0 Å². The molecular formula is C16H20O4S. The SMILES string of the molecule is Cc1ccc(S(=O)(=O)OC2CCC3CCCC2C3=O)cc1. The fourth-order valence-electron chi connectivity index (χ4n) is 3.43. The molecule has 0 spiro atoms. The van der Waals surface area contributed by atoms with E-state index in [-0.39, 0.29) is 22.5 Å². The van der Waals surface area contributed by atoms with Crippen LogP contribution >= 0.6 is 0 Å². The van der Waals surface area contributed by atoms with E-state index in [4.69, 9.17) is 4.18 Å². The number of hydrogen-bond acceptors (Lipinski definition) is 4. The van der Waals surface area contributed by atoms with Gasteiger partial charge >= 0.3 is 0 Å². The first-order valence-electron chi connectivity index (χ1n) is 7.51. The van der Waals surface area contributed by atoms with E-state index in [9.17, 15) is 13.2 Å². The molecular weight excluding hydrogens is 288 g/mol. The highest BCUT2D eigenvalue weighted by atomic mass is 32.2. The summed E-state index contributed by atoms with van der Waals surface area (Å²) in [6, 6.07) is 6.61. The Morgan fingerprint density at radius 1 is 1.05 bits per heavy atom. The molecule has 114 valence electrons. The molecule has 0 heterocycles. The lowest BCUT2D eigenvalue weighted by atomic mass is 9.70. The fourth-order valence-corrected chi connectivity index (χ4v) is 4.57. The standard InChI is InChI=1S/C16H20O4S/c1-11-5-8-13(9-6-11)21(18,19)20-15-10-7-12-3-2-4-14(15)16(12)17/h5-6,8-9,12,14-15H,2-4,7,10H2,1H3. The first-order valence-corrected chi connectivity index (χ1v) is 8.92. The summed E-state index contributed by atoms with van der Waals surface area (Å²) in [5, 5.41) is 0. The van der Waals surface area contributed by atoms with Crippen molar-refractivity contribution in [2.45, 2.75) is 50.0 Å². The van der Waals surface area contributed by atoms with Gasteiger partial charge in [-0.2, -0.15) is 8.42 Å². The van der Waals surface area contributed by atoms with Gasteiger partial charge in [-0.25, -0.2) is 0 Å². The third-order valence-corrected chi connectivity index (χ3v) is 5.99. The van der Waals surface area contributed by atoms with Crippen LogP contribution in [0.5, 0.6) is 0 Å². The van der Waals surface area contributed by atoms with Crippen molar-refractivity contribution in [2.75, 3.05) is 0 Å². The molecule has 2 fully saturated rings. The van der Waals surface area contributed by atoms with Gasteiger partial charge in [0.25, 0.3) is 10.1 Å². The van der Waals surface area contributed by atoms with Gasteiger partial charge in [-0.05, 0) is 44.7 Å². The minimum Gasteiger partial charge on any atom is -0.299 e. The van der Waals surface area contributed by atoms with E-state index in [1.54, 1.807) is 24.3 Å². The highest BCUT2D eigenvalue weighted by molar-refractivity contribution is 7.86. The highest BCUT2D eigenvalue weighted by Crippen LogP contribution is 2.39. The number of ketones is 1. The second-order valence-electron chi connectivity index (χ2n) is 6.12. The maximum atomic E-state index is 12.3. The fraction of sp³-hybridized carbons (Fsp3) is 0.562. The minimum absolute atomic E-state index is 0.130. The van der Waals surface area contributed by atoms with E-state index in [0.717, 1.165) is 31.2 Å². The molecule has 2 aliphatic carbocycles. The van der Waals surface area contributed by atoms with E-state index >= 15 is 0 Å². The van der Waals surface area contributed by atoms with Gasteiger partial charge in [-0.1, -0.05) is 24.1 Å². The average Bonchev–Trinajstić information content (AvgIpc) is 2.42. The maximum absolute atomic E-state index is 12.3. The molecule has 3 rings (SSSR count). The zero-order chi connectivity index (χ0) is 15.0. The smallest absolute Gasteiger partial charge is 0.297 e. The normalized spacial score (nSPS) is 29.4. The summed E-state index contributed by atoms with van der Waals surface area (Å²) in [5.41, 5.74) is 0.997. The van der Waals surface area contributed by atoms with Crippen molar-refractivity contribution < 1.29 is 17.4 Å². The van der Waals surface area contributed by atoms with Crippen molar-refractivity contribution in [1.82, 2.24) is 0 Å².